The smallest absolute Gasteiger partial charge is 0.311 e. The van der Waals surface area contributed by atoms with Crippen molar-refractivity contribution in [3.05, 3.63) is 53.6 Å². The minimum Gasteiger partial charge on any atom is -0.493 e. The van der Waals surface area contributed by atoms with Crippen molar-refractivity contribution in [1.29, 1.82) is 0 Å². The number of benzene rings is 2. The second kappa shape index (κ2) is 8.10. The van der Waals surface area contributed by atoms with Crippen LogP contribution in [0.25, 0.3) is 11.1 Å². The molecule has 0 heterocycles. The van der Waals surface area contributed by atoms with Crippen molar-refractivity contribution in [2.45, 2.75) is 33.1 Å². The van der Waals surface area contributed by atoms with Gasteiger partial charge in [0.25, 0.3) is 0 Å². The van der Waals surface area contributed by atoms with E-state index in [4.69, 9.17) is 4.74 Å². The average Bonchev–Trinajstić information content (AvgIpc) is 2.55. The molecule has 0 aromatic heterocycles. The van der Waals surface area contributed by atoms with Gasteiger partial charge >= 0.3 is 5.97 Å². The fourth-order valence-electron chi connectivity index (χ4n) is 2.80. The summed E-state index contributed by atoms with van der Waals surface area (Å²) in [6.45, 7) is 5.93. The summed E-state index contributed by atoms with van der Waals surface area (Å²) in [5, 5.41) is 9.49. The molecule has 0 saturated heterocycles. The lowest BCUT2D eigenvalue weighted by atomic mass is 9.88. The van der Waals surface area contributed by atoms with Gasteiger partial charge < -0.3 is 9.84 Å². The van der Waals surface area contributed by atoms with Crippen LogP contribution in [0.5, 0.6) is 5.75 Å². The van der Waals surface area contributed by atoms with Crippen LogP contribution in [-0.2, 0) is 4.79 Å². The van der Waals surface area contributed by atoms with Crippen LogP contribution in [-0.4, -0.2) is 17.7 Å². The number of aliphatic carboxylic acids is 1. The Hall–Kier alpha value is -2.43. The molecule has 0 spiro atoms. The van der Waals surface area contributed by atoms with E-state index >= 15 is 0 Å². The molecule has 0 aliphatic carbocycles. The molecule has 0 bridgehead atoms. The van der Waals surface area contributed by atoms with Crippen molar-refractivity contribution in [1.82, 2.24) is 0 Å². The summed E-state index contributed by atoms with van der Waals surface area (Å²) in [7, 11) is 0. The molecule has 1 atom stereocenters. The number of ether oxygens (including phenoxy) is 1. The van der Waals surface area contributed by atoms with Gasteiger partial charge in [0.1, 0.15) is 17.4 Å². The molecule has 0 amide bonds. The van der Waals surface area contributed by atoms with Gasteiger partial charge in [-0.1, -0.05) is 26.0 Å². The molecule has 3 nitrogen and oxygen atoms in total. The molecule has 2 aromatic carbocycles. The zero-order valence-corrected chi connectivity index (χ0v) is 14.6. The monoisotopic (exact) mass is 348 g/mol. The predicted molar refractivity (Wildman–Crippen MR) is 92.8 cm³/mol. The number of carbonyl (C=O) groups is 1. The molecular weight excluding hydrogens is 326 g/mol. The first kappa shape index (κ1) is 18.9. The number of carboxylic acids is 1. The third kappa shape index (κ3) is 4.56. The van der Waals surface area contributed by atoms with Gasteiger partial charge in [-0.25, -0.2) is 8.78 Å². The van der Waals surface area contributed by atoms with Crippen LogP contribution in [0.15, 0.2) is 36.4 Å². The molecule has 1 unspecified atom stereocenters. The van der Waals surface area contributed by atoms with Crippen LogP contribution in [0.1, 0.15) is 38.7 Å². The molecule has 0 radical (unpaired) electrons. The number of carboxylic acid groups (broad SMARTS) is 1. The van der Waals surface area contributed by atoms with Crippen LogP contribution in [0, 0.1) is 17.6 Å². The van der Waals surface area contributed by atoms with Crippen molar-refractivity contribution in [3.63, 3.8) is 0 Å². The van der Waals surface area contributed by atoms with Gasteiger partial charge in [0.15, 0.2) is 0 Å². The molecular formula is C20H22F2O3. The van der Waals surface area contributed by atoms with Crippen molar-refractivity contribution >= 4 is 5.97 Å². The van der Waals surface area contributed by atoms with Crippen LogP contribution >= 0.6 is 0 Å². The molecule has 0 aliphatic heterocycles. The third-order valence-electron chi connectivity index (χ3n) is 3.93. The van der Waals surface area contributed by atoms with Gasteiger partial charge in [0.2, 0.25) is 0 Å². The van der Waals surface area contributed by atoms with E-state index in [9.17, 15) is 18.7 Å². The summed E-state index contributed by atoms with van der Waals surface area (Å²) in [6, 6.07) is 8.37. The Morgan fingerprint density at radius 2 is 1.80 bits per heavy atom. The van der Waals surface area contributed by atoms with E-state index in [1.165, 1.54) is 36.4 Å². The number of rotatable bonds is 7. The minimum atomic E-state index is -1.07. The Bertz CT molecular complexity index is 739. The maximum absolute atomic E-state index is 14.7. The highest BCUT2D eigenvalue weighted by Crippen LogP contribution is 2.37. The Morgan fingerprint density at radius 3 is 2.32 bits per heavy atom. The fraction of sp³-hybridized carbons (Fsp3) is 0.350. The van der Waals surface area contributed by atoms with Gasteiger partial charge in [0.05, 0.1) is 12.5 Å². The van der Waals surface area contributed by atoms with E-state index in [2.05, 4.69) is 0 Å². The topological polar surface area (TPSA) is 46.5 Å². The van der Waals surface area contributed by atoms with Crippen molar-refractivity contribution < 1.29 is 23.4 Å². The highest BCUT2D eigenvalue weighted by atomic mass is 19.1. The molecule has 0 fully saturated rings. The minimum absolute atomic E-state index is 0.104. The SMILES string of the molecule is CCOc1cc(C(CC(C)C)C(=O)O)c(F)cc1-c1ccc(F)cc1. The van der Waals surface area contributed by atoms with E-state index in [-0.39, 0.29) is 17.3 Å². The largest absolute Gasteiger partial charge is 0.493 e. The molecule has 0 aliphatic rings. The van der Waals surface area contributed by atoms with Gasteiger partial charge in [-0.3, -0.25) is 4.79 Å². The normalized spacial score (nSPS) is 12.2. The first-order chi connectivity index (χ1) is 11.8. The quantitative estimate of drug-likeness (QED) is 0.744. The molecule has 5 heteroatoms. The Morgan fingerprint density at radius 1 is 1.16 bits per heavy atom. The summed E-state index contributed by atoms with van der Waals surface area (Å²) in [5.74, 6) is -2.50. The fourth-order valence-corrected chi connectivity index (χ4v) is 2.80. The Labute approximate surface area is 146 Å². The first-order valence-electron chi connectivity index (χ1n) is 8.28. The average molecular weight is 348 g/mol. The third-order valence-corrected chi connectivity index (χ3v) is 3.93. The maximum atomic E-state index is 14.7. The van der Waals surface area contributed by atoms with E-state index in [1.54, 1.807) is 6.92 Å². The maximum Gasteiger partial charge on any atom is 0.311 e. The number of hydrogen-bond donors (Lipinski definition) is 1. The van der Waals surface area contributed by atoms with Gasteiger partial charge in [-0.2, -0.15) is 0 Å². The molecule has 134 valence electrons. The van der Waals surface area contributed by atoms with E-state index in [1.807, 2.05) is 13.8 Å². The summed E-state index contributed by atoms with van der Waals surface area (Å²) >= 11 is 0. The van der Waals surface area contributed by atoms with Crippen LogP contribution < -0.4 is 4.74 Å². The zero-order valence-electron chi connectivity index (χ0n) is 14.6. The standard InChI is InChI=1S/C20H22F2O3/c1-4-25-19-11-16(17(20(23)24)9-12(2)3)18(22)10-15(19)13-5-7-14(21)8-6-13/h5-8,10-12,17H,4,9H2,1-3H3,(H,23,24). The second-order valence-electron chi connectivity index (χ2n) is 6.33. The highest BCUT2D eigenvalue weighted by molar-refractivity contribution is 5.78. The van der Waals surface area contributed by atoms with Crippen molar-refractivity contribution in [2.75, 3.05) is 6.61 Å². The summed E-state index contributed by atoms with van der Waals surface area (Å²) in [5.41, 5.74) is 1.18. The number of hydrogen-bond acceptors (Lipinski definition) is 2. The van der Waals surface area contributed by atoms with E-state index < -0.39 is 17.7 Å². The predicted octanol–water partition coefficient (Wildman–Crippen LogP) is 5.24. The summed E-state index contributed by atoms with van der Waals surface area (Å²) in [6.07, 6.45) is 0.327. The van der Waals surface area contributed by atoms with Gasteiger partial charge in [-0.15, -0.1) is 0 Å². The lowest BCUT2D eigenvalue weighted by Gasteiger charge is -2.19. The van der Waals surface area contributed by atoms with E-state index in [0.717, 1.165) is 0 Å². The number of halogens is 2. The summed E-state index contributed by atoms with van der Waals surface area (Å²) < 4.78 is 33.4. The first-order valence-corrected chi connectivity index (χ1v) is 8.28. The second-order valence-corrected chi connectivity index (χ2v) is 6.33. The van der Waals surface area contributed by atoms with Crippen LogP contribution in [0.3, 0.4) is 0 Å². The van der Waals surface area contributed by atoms with E-state index in [0.29, 0.717) is 29.9 Å². The van der Waals surface area contributed by atoms with Crippen molar-refractivity contribution in [2.24, 2.45) is 5.92 Å². The van der Waals surface area contributed by atoms with Gasteiger partial charge in [0, 0.05) is 11.1 Å². The zero-order chi connectivity index (χ0) is 18.6. The molecule has 2 aromatic rings. The van der Waals surface area contributed by atoms with Crippen LogP contribution in [0.2, 0.25) is 0 Å². The highest BCUT2D eigenvalue weighted by Gasteiger charge is 2.26. The molecule has 1 N–H and O–H groups in total. The molecule has 2 rings (SSSR count). The Kier molecular flexibility index (Phi) is 6.12. The van der Waals surface area contributed by atoms with Gasteiger partial charge in [-0.05, 0) is 49.1 Å². The Balaban J connectivity index is 2.56. The lowest BCUT2D eigenvalue weighted by Crippen LogP contribution is -2.16. The van der Waals surface area contributed by atoms with Crippen LogP contribution in [0.4, 0.5) is 8.78 Å². The lowest BCUT2D eigenvalue weighted by molar-refractivity contribution is -0.139. The van der Waals surface area contributed by atoms with Crippen molar-refractivity contribution in [3.8, 4) is 16.9 Å². The molecule has 0 saturated carbocycles. The molecule has 25 heavy (non-hydrogen) atoms. The summed E-state index contributed by atoms with van der Waals surface area (Å²) in [4.78, 5) is 11.6.